The Labute approximate surface area is 307 Å². The molecular formula is C49H33N3O. The van der Waals surface area contributed by atoms with Crippen LogP contribution in [0.3, 0.4) is 0 Å². The van der Waals surface area contributed by atoms with E-state index >= 15 is 0 Å². The van der Waals surface area contributed by atoms with E-state index in [9.17, 15) is 0 Å². The third-order valence-corrected chi connectivity index (χ3v) is 10.2. The van der Waals surface area contributed by atoms with Crippen LogP contribution in [-0.4, -0.2) is 15.0 Å². The van der Waals surface area contributed by atoms with Crippen LogP contribution in [-0.2, 0) is 0 Å². The van der Waals surface area contributed by atoms with Gasteiger partial charge in [-0.2, -0.15) is 0 Å². The molecule has 9 aromatic rings. The minimum Gasteiger partial charge on any atom is -0.456 e. The van der Waals surface area contributed by atoms with Crippen LogP contribution < -0.4 is 0 Å². The zero-order valence-corrected chi connectivity index (χ0v) is 28.9. The summed E-state index contributed by atoms with van der Waals surface area (Å²) in [5, 5.41) is 4.49. The van der Waals surface area contributed by atoms with Crippen LogP contribution in [0, 0.1) is 0 Å². The second-order valence-corrected chi connectivity index (χ2v) is 13.5. The van der Waals surface area contributed by atoms with Gasteiger partial charge in [0.15, 0.2) is 17.5 Å². The molecule has 0 fully saturated rings. The Balaban J connectivity index is 1.10. The van der Waals surface area contributed by atoms with Gasteiger partial charge in [0.05, 0.1) is 0 Å². The summed E-state index contributed by atoms with van der Waals surface area (Å²) < 4.78 is 6.30. The van der Waals surface area contributed by atoms with Crippen molar-refractivity contribution in [3.63, 3.8) is 0 Å². The highest BCUT2D eigenvalue weighted by Crippen LogP contribution is 2.41. The van der Waals surface area contributed by atoms with Gasteiger partial charge < -0.3 is 4.42 Å². The molecule has 0 amide bonds. The maximum atomic E-state index is 6.30. The lowest BCUT2D eigenvalue weighted by atomic mass is 9.92. The number of para-hydroxylation sites is 1. The van der Waals surface area contributed by atoms with Gasteiger partial charge in [-0.15, -0.1) is 0 Å². The van der Waals surface area contributed by atoms with E-state index in [0.717, 1.165) is 84.5 Å². The second-order valence-electron chi connectivity index (χ2n) is 13.5. The number of hydrogen-bond acceptors (Lipinski definition) is 4. The van der Waals surface area contributed by atoms with Crippen molar-refractivity contribution in [3.8, 4) is 56.2 Å². The van der Waals surface area contributed by atoms with E-state index in [0.29, 0.717) is 17.5 Å². The lowest BCUT2D eigenvalue weighted by molar-refractivity contribution is 0.669. The van der Waals surface area contributed by atoms with E-state index in [4.69, 9.17) is 19.4 Å². The number of hydrogen-bond donors (Lipinski definition) is 0. The van der Waals surface area contributed by atoms with Gasteiger partial charge in [0, 0.05) is 27.5 Å². The third-order valence-electron chi connectivity index (χ3n) is 10.2. The summed E-state index contributed by atoms with van der Waals surface area (Å²) in [6.07, 6.45) is 8.53. The fourth-order valence-electron chi connectivity index (χ4n) is 7.50. The molecule has 1 aliphatic rings. The Morgan fingerprint density at radius 1 is 0.415 bits per heavy atom. The lowest BCUT2D eigenvalue weighted by Gasteiger charge is -2.14. The number of aromatic nitrogens is 3. The quantitative estimate of drug-likeness (QED) is 0.175. The molecule has 10 rings (SSSR count). The Morgan fingerprint density at radius 2 is 1.02 bits per heavy atom. The van der Waals surface area contributed by atoms with Crippen molar-refractivity contribution in [1.29, 1.82) is 0 Å². The molecule has 0 spiro atoms. The number of fused-ring (bicyclic) bond motifs is 4. The van der Waals surface area contributed by atoms with Crippen molar-refractivity contribution in [3.05, 3.63) is 182 Å². The summed E-state index contributed by atoms with van der Waals surface area (Å²) in [5.41, 5.74) is 11.6. The molecule has 0 aliphatic heterocycles. The van der Waals surface area contributed by atoms with Gasteiger partial charge in [0.2, 0.25) is 0 Å². The third kappa shape index (κ3) is 5.71. The van der Waals surface area contributed by atoms with Crippen LogP contribution in [0.25, 0.3) is 94.4 Å². The fraction of sp³-hybridized carbons (Fsp3) is 0.0408. The van der Waals surface area contributed by atoms with Crippen LogP contribution in [0.1, 0.15) is 18.7 Å². The average molecular weight is 680 g/mol. The van der Waals surface area contributed by atoms with Crippen LogP contribution in [0.4, 0.5) is 0 Å². The van der Waals surface area contributed by atoms with Gasteiger partial charge in [-0.3, -0.25) is 0 Å². The average Bonchev–Trinajstić information content (AvgIpc) is 3.63. The number of furan rings is 1. The van der Waals surface area contributed by atoms with E-state index in [-0.39, 0.29) is 0 Å². The Kier molecular flexibility index (Phi) is 7.58. The highest BCUT2D eigenvalue weighted by atomic mass is 16.3. The van der Waals surface area contributed by atoms with Crippen LogP contribution in [0.15, 0.2) is 180 Å². The number of allylic oxidation sites excluding steroid dienone is 4. The first kappa shape index (κ1) is 30.9. The van der Waals surface area contributed by atoms with Crippen LogP contribution >= 0.6 is 0 Å². The van der Waals surface area contributed by atoms with E-state index < -0.39 is 0 Å². The first-order valence-corrected chi connectivity index (χ1v) is 18.1. The van der Waals surface area contributed by atoms with Gasteiger partial charge in [0.1, 0.15) is 11.2 Å². The second kappa shape index (κ2) is 13.0. The zero-order chi connectivity index (χ0) is 35.1. The van der Waals surface area contributed by atoms with E-state index in [1.807, 2.05) is 24.3 Å². The van der Waals surface area contributed by atoms with Crippen LogP contribution in [0.2, 0.25) is 0 Å². The zero-order valence-electron chi connectivity index (χ0n) is 28.9. The van der Waals surface area contributed by atoms with Crippen molar-refractivity contribution in [1.82, 2.24) is 15.0 Å². The Hall–Kier alpha value is -6.91. The summed E-state index contributed by atoms with van der Waals surface area (Å²) in [6.45, 7) is 0. The molecule has 0 atom stereocenters. The van der Waals surface area contributed by atoms with Crippen molar-refractivity contribution < 1.29 is 4.42 Å². The highest BCUT2D eigenvalue weighted by Gasteiger charge is 2.18. The normalized spacial score (nSPS) is 12.8. The van der Waals surface area contributed by atoms with Gasteiger partial charge >= 0.3 is 0 Å². The molecule has 0 saturated heterocycles. The summed E-state index contributed by atoms with van der Waals surface area (Å²) in [4.78, 5) is 15.4. The molecule has 2 heterocycles. The number of rotatable bonds is 6. The summed E-state index contributed by atoms with van der Waals surface area (Å²) in [5.74, 6) is 1.97. The lowest BCUT2D eigenvalue weighted by Crippen LogP contribution is -2.03. The fourth-order valence-corrected chi connectivity index (χ4v) is 7.50. The summed E-state index contributed by atoms with van der Waals surface area (Å²) in [6, 6.07) is 55.3. The molecular weight excluding hydrogens is 647 g/mol. The topological polar surface area (TPSA) is 51.8 Å². The molecule has 250 valence electrons. The molecule has 1 aliphatic carbocycles. The predicted molar refractivity (Wildman–Crippen MR) is 218 cm³/mol. The molecule has 0 saturated carbocycles. The molecule has 53 heavy (non-hydrogen) atoms. The molecule has 0 radical (unpaired) electrons. The van der Waals surface area contributed by atoms with Gasteiger partial charge in [-0.1, -0.05) is 152 Å². The van der Waals surface area contributed by atoms with E-state index in [2.05, 4.69) is 152 Å². The molecule has 0 unspecified atom stereocenters. The number of nitrogens with zero attached hydrogens (tertiary/aromatic N) is 3. The Morgan fingerprint density at radius 3 is 1.75 bits per heavy atom. The predicted octanol–water partition coefficient (Wildman–Crippen LogP) is 13.0. The first-order valence-electron chi connectivity index (χ1n) is 18.1. The largest absolute Gasteiger partial charge is 0.456 e. The highest BCUT2D eigenvalue weighted by molar-refractivity contribution is 6.15. The molecule has 0 bridgehead atoms. The minimum atomic E-state index is 0.640. The summed E-state index contributed by atoms with van der Waals surface area (Å²) >= 11 is 0. The van der Waals surface area contributed by atoms with Crippen molar-refractivity contribution in [2.75, 3.05) is 0 Å². The van der Waals surface area contributed by atoms with Crippen molar-refractivity contribution in [2.24, 2.45) is 0 Å². The van der Waals surface area contributed by atoms with Crippen molar-refractivity contribution in [2.45, 2.75) is 12.8 Å². The van der Waals surface area contributed by atoms with E-state index in [1.54, 1.807) is 0 Å². The SMILES string of the molecule is C1=CC(c2nc(-c3ccc(-c4ccc(-c5ccccc5)cc4)cc3)nc(-c3cc(-c4cccc5oc6ccccc6c45)c4ccccc4c3)n2)=CCC1. The smallest absolute Gasteiger partial charge is 0.164 e. The number of benzene rings is 7. The summed E-state index contributed by atoms with van der Waals surface area (Å²) in [7, 11) is 0. The first-order chi connectivity index (χ1) is 26.2. The van der Waals surface area contributed by atoms with Gasteiger partial charge in [-0.25, -0.2) is 15.0 Å². The monoisotopic (exact) mass is 679 g/mol. The molecule has 4 heteroatoms. The molecule has 2 aromatic heterocycles. The Bertz CT molecular complexity index is 2870. The van der Waals surface area contributed by atoms with Gasteiger partial charge in [-0.05, 0) is 81.3 Å². The van der Waals surface area contributed by atoms with Crippen molar-refractivity contribution >= 4 is 38.3 Å². The molecule has 4 nitrogen and oxygen atoms in total. The van der Waals surface area contributed by atoms with Crippen LogP contribution in [0.5, 0.6) is 0 Å². The maximum Gasteiger partial charge on any atom is 0.164 e. The molecule has 7 aromatic carbocycles. The maximum absolute atomic E-state index is 6.30. The van der Waals surface area contributed by atoms with Gasteiger partial charge in [0.25, 0.3) is 0 Å². The molecule has 0 N–H and O–H groups in total. The van der Waals surface area contributed by atoms with E-state index in [1.165, 1.54) is 11.1 Å². The minimum absolute atomic E-state index is 0.640. The standard InChI is InChI=1S/C49H33N3O/c1-3-12-32(13-4-1)33-22-24-34(25-23-33)35-26-28-37(29-27-35)48-50-47(36-14-5-2-6-15-36)51-49(52-48)39-30-38-16-7-8-17-40(38)43(31-39)41-19-11-21-45-46(41)42-18-9-10-20-44(42)53-45/h1,3-5,7-31H,2,6H2.